The van der Waals surface area contributed by atoms with E-state index in [0.29, 0.717) is 29.8 Å². The van der Waals surface area contributed by atoms with Crippen LogP contribution in [0.5, 0.6) is 0 Å². The lowest BCUT2D eigenvalue weighted by Crippen LogP contribution is -2.33. The van der Waals surface area contributed by atoms with Gasteiger partial charge in [0.05, 0.1) is 23.5 Å². The Labute approximate surface area is 127 Å². The summed E-state index contributed by atoms with van der Waals surface area (Å²) in [6.45, 7) is 6.77. The molecule has 1 aromatic rings. The first-order valence-corrected chi connectivity index (χ1v) is 7.84. The van der Waals surface area contributed by atoms with Gasteiger partial charge in [-0.25, -0.2) is 4.79 Å². The molecule has 1 aliphatic carbocycles. The summed E-state index contributed by atoms with van der Waals surface area (Å²) in [5.41, 5.74) is 8.10. The van der Waals surface area contributed by atoms with E-state index in [9.17, 15) is 4.79 Å². The number of anilines is 2. The smallest absolute Gasteiger partial charge is 0.338 e. The van der Waals surface area contributed by atoms with E-state index in [1.807, 2.05) is 0 Å². The molecule has 0 heterocycles. The predicted molar refractivity (Wildman–Crippen MR) is 86.4 cm³/mol. The van der Waals surface area contributed by atoms with Gasteiger partial charge in [0, 0.05) is 6.04 Å². The highest BCUT2D eigenvalue weighted by molar-refractivity contribution is 5.92. The first kappa shape index (κ1) is 15.7. The Balaban J connectivity index is 2.12. The molecule has 0 aliphatic heterocycles. The van der Waals surface area contributed by atoms with Gasteiger partial charge in [0.1, 0.15) is 0 Å². The second-order valence-electron chi connectivity index (χ2n) is 6.17. The number of carbonyl (C=O) groups is 1. The molecule has 0 spiro atoms. The van der Waals surface area contributed by atoms with Crippen molar-refractivity contribution in [2.24, 2.45) is 11.8 Å². The highest BCUT2D eigenvalue weighted by Gasteiger charge is 2.25. The van der Waals surface area contributed by atoms with Gasteiger partial charge in [0.2, 0.25) is 0 Å². The zero-order valence-corrected chi connectivity index (χ0v) is 13.2. The summed E-state index contributed by atoms with van der Waals surface area (Å²) in [5.74, 6) is 1.10. The van der Waals surface area contributed by atoms with E-state index in [1.165, 1.54) is 12.8 Å². The third kappa shape index (κ3) is 3.90. The summed E-state index contributed by atoms with van der Waals surface area (Å²) >= 11 is 0. The Kier molecular flexibility index (Phi) is 5.10. The molecule has 116 valence electrons. The number of nitrogens with one attached hydrogen (secondary N) is 1. The molecule has 0 radical (unpaired) electrons. The molecule has 3 unspecified atom stereocenters. The molecule has 3 atom stereocenters. The average Bonchev–Trinajstić information content (AvgIpc) is 2.44. The number of hydrogen-bond donors (Lipinski definition) is 2. The van der Waals surface area contributed by atoms with Gasteiger partial charge in [-0.15, -0.1) is 0 Å². The quantitative estimate of drug-likeness (QED) is 0.656. The first-order chi connectivity index (χ1) is 10.0. The molecular weight excluding hydrogens is 264 g/mol. The van der Waals surface area contributed by atoms with E-state index >= 15 is 0 Å². The first-order valence-electron chi connectivity index (χ1n) is 7.84. The molecule has 1 saturated carbocycles. The van der Waals surface area contributed by atoms with Crippen LogP contribution < -0.4 is 11.1 Å². The summed E-state index contributed by atoms with van der Waals surface area (Å²) in [5, 5.41) is 3.52. The SMILES string of the molecule is CCOC(=O)c1ccc(N)c(NC2CCC(C)CC2C)c1. The van der Waals surface area contributed by atoms with Crippen molar-refractivity contribution in [3.63, 3.8) is 0 Å². The highest BCUT2D eigenvalue weighted by atomic mass is 16.5. The van der Waals surface area contributed by atoms with E-state index in [4.69, 9.17) is 10.5 Å². The van der Waals surface area contributed by atoms with E-state index in [2.05, 4.69) is 19.2 Å². The fraction of sp³-hybridized carbons (Fsp3) is 0.588. The summed E-state index contributed by atoms with van der Waals surface area (Å²) in [6.07, 6.45) is 3.61. The minimum atomic E-state index is -0.300. The van der Waals surface area contributed by atoms with Crippen LogP contribution in [0, 0.1) is 11.8 Å². The minimum absolute atomic E-state index is 0.300. The molecule has 2 rings (SSSR count). The van der Waals surface area contributed by atoms with Gasteiger partial charge in [-0.05, 0) is 56.2 Å². The number of rotatable bonds is 4. The molecule has 4 nitrogen and oxygen atoms in total. The van der Waals surface area contributed by atoms with Gasteiger partial charge in [-0.3, -0.25) is 0 Å². The van der Waals surface area contributed by atoms with Crippen molar-refractivity contribution in [2.45, 2.75) is 46.1 Å². The van der Waals surface area contributed by atoms with Crippen LogP contribution in [0.2, 0.25) is 0 Å². The molecule has 1 fully saturated rings. The second kappa shape index (κ2) is 6.83. The van der Waals surface area contributed by atoms with E-state index in [-0.39, 0.29) is 5.97 Å². The number of nitrogens with two attached hydrogens (primary N) is 1. The Morgan fingerprint density at radius 1 is 1.38 bits per heavy atom. The Morgan fingerprint density at radius 2 is 2.14 bits per heavy atom. The summed E-state index contributed by atoms with van der Waals surface area (Å²) in [6, 6.07) is 5.70. The molecule has 4 heteroatoms. The van der Waals surface area contributed by atoms with Crippen molar-refractivity contribution >= 4 is 17.3 Å². The fourth-order valence-corrected chi connectivity index (χ4v) is 3.10. The minimum Gasteiger partial charge on any atom is -0.462 e. The monoisotopic (exact) mass is 290 g/mol. The largest absolute Gasteiger partial charge is 0.462 e. The molecule has 1 aliphatic rings. The Bertz CT molecular complexity index is 502. The number of carbonyl (C=O) groups excluding carboxylic acids is 1. The maximum Gasteiger partial charge on any atom is 0.338 e. The lowest BCUT2D eigenvalue weighted by atomic mass is 9.80. The van der Waals surface area contributed by atoms with E-state index in [1.54, 1.807) is 25.1 Å². The zero-order chi connectivity index (χ0) is 15.4. The van der Waals surface area contributed by atoms with Crippen LogP contribution in [-0.2, 0) is 4.74 Å². The van der Waals surface area contributed by atoms with Crippen molar-refractivity contribution in [1.82, 2.24) is 0 Å². The standard InChI is InChI=1S/C17H26N2O2/c1-4-21-17(20)13-6-7-14(18)16(10-13)19-15-8-5-11(2)9-12(15)3/h6-7,10-12,15,19H,4-5,8-9,18H2,1-3H3. The third-order valence-electron chi connectivity index (χ3n) is 4.34. The average molecular weight is 290 g/mol. The molecule has 21 heavy (non-hydrogen) atoms. The molecule has 0 aromatic heterocycles. The van der Waals surface area contributed by atoms with Gasteiger partial charge < -0.3 is 15.8 Å². The molecule has 1 aromatic carbocycles. The van der Waals surface area contributed by atoms with Crippen molar-refractivity contribution in [1.29, 1.82) is 0 Å². The van der Waals surface area contributed by atoms with Crippen molar-refractivity contribution in [3.8, 4) is 0 Å². The predicted octanol–water partition coefficient (Wildman–Crippen LogP) is 3.68. The summed E-state index contributed by atoms with van der Waals surface area (Å²) in [7, 11) is 0. The lowest BCUT2D eigenvalue weighted by molar-refractivity contribution is 0.0526. The van der Waals surface area contributed by atoms with Gasteiger partial charge in [0.25, 0.3) is 0 Å². The zero-order valence-electron chi connectivity index (χ0n) is 13.2. The van der Waals surface area contributed by atoms with E-state index < -0.39 is 0 Å². The maximum atomic E-state index is 11.8. The van der Waals surface area contributed by atoms with Gasteiger partial charge >= 0.3 is 5.97 Å². The summed E-state index contributed by atoms with van der Waals surface area (Å²) < 4.78 is 5.04. The van der Waals surface area contributed by atoms with Crippen LogP contribution in [0.3, 0.4) is 0 Å². The van der Waals surface area contributed by atoms with Crippen LogP contribution in [0.1, 0.15) is 50.4 Å². The lowest BCUT2D eigenvalue weighted by Gasteiger charge is -2.34. The molecular formula is C17H26N2O2. The van der Waals surface area contributed by atoms with Crippen LogP contribution in [0.15, 0.2) is 18.2 Å². The van der Waals surface area contributed by atoms with Crippen molar-refractivity contribution < 1.29 is 9.53 Å². The number of esters is 1. The third-order valence-corrected chi connectivity index (χ3v) is 4.34. The van der Waals surface area contributed by atoms with Crippen LogP contribution in [0.4, 0.5) is 11.4 Å². The van der Waals surface area contributed by atoms with Crippen LogP contribution in [-0.4, -0.2) is 18.6 Å². The fourth-order valence-electron chi connectivity index (χ4n) is 3.10. The van der Waals surface area contributed by atoms with E-state index in [0.717, 1.165) is 18.0 Å². The number of nitrogen functional groups attached to an aromatic ring is 1. The maximum absolute atomic E-state index is 11.8. The van der Waals surface area contributed by atoms with Crippen molar-refractivity contribution in [2.75, 3.05) is 17.7 Å². The second-order valence-corrected chi connectivity index (χ2v) is 6.17. The number of benzene rings is 1. The van der Waals surface area contributed by atoms with Gasteiger partial charge in [0.15, 0.2) is 0 Å². The van der Waals surface area contributed by atoms with Gasteiger partial charge in [-0.1, -0.05) is 13.8 Å². The Morgan fingerprint density at radius 3 is 2.81 bits per heavy atom. The topological polar surface area (TPSA) is 64.3 Å². The summed E-state index contributed by atoms with van der Waals surface area (Å²) in [4.78, 5) is 11.8. The normalized spacial score (nSPS) is 25.4. The highest BCUT2D eigenvalue weighted by Crippen LogP contribution is 2.32. The van der Waals surface area contributed by atoms with Crippen molar-refractivity contribution in [3.05, 3.63) is 23.8 Å². The molecule has 0 amide bonds. The molecule has 3 N–H and O–H groups in total. The van der Waals surface area contributed by atoms with Gasteiger partial charge in [-0.2, -0.15) is 0 Å². The number of ether oxygens (including phenoxy) is 1. The number of hydrogen-bond acceptors (Lipinski definition) is 4. The Hall–Kier alpha value is -1.71. The molecule has 0 saturated heterocycles. The molecule has 0 bridgehead atoms. The van der Waals surface area contributed by atoms with Crippen LogP contribution in [0.25, 0.3) is 0 Å². The van der Waals surface area contributed by atoms with Crippen LogP contribution >= 0.6 is 0 Å².